The number of carbonyl (C=O) groups excluding carboxylic acids is 3. The van der Waals surface area contributed by atoms with E-state index in [-0.39, 0.29) is 31.1 Å². The van der Waals surface area contributed by atoms with E-state index in [1.54, 1.807) is 0 Å². The Labute approximate surface area is 327 Å². The van der Waals surface area contributed by atoms with Gasteiger partial charge >= 0.3 is 17.9 Å². The standard InChI is InChI=1S/C47H82O6/c1-4-7-10-13-16-19-21-22-23-24-25-26-29-31-34-37-40-46(49)52-43-44(42-51-45(48)39-36-33-30-27-18-15-12-9-6-3)53-47(50)41-38-35-32-28-20-17-14-11-8-5-2/h7,10,16,19,22-23,25-26,44H,4-6,8-9,11-15,17-18,20-21,24,27-43H2,1-3H3/b10-7-,19-16-,23-22-,26-25-. The van der Waals surface area contributed by atoms with Crippen molar-refractivity contribution < 1.29 is 28.6 Å². The average molecular weight is 743 g/mol. The minimum Gasteiger partial charge on any atom is -0.462 e. The highest BCUT2D eigenvalue weighted by Gasteiger charge is 2.19. The maximum absolute atomic E-state index is 12.7. The molecule has 0 aliphatic carbocycles. The van der Waals surface area contributed by atoms with Crippen molar-refractivity contribution in [3.05, 3.63) is 48.6 Å². The fraction of sp³-hybridized carbons (Fsp3) is 0.766. The molecule has 6 heteroatoms. The van der Waals surface area contributed by atoms with Crippen LogP contribution < -0.4 is 0 Å². The van der Waals surface area contributed by atoms with Crippen molar-refractivity contribution in [3.8, 4) is 0 Å². The summed E-state index contributed by atoms with van der Waals surface area (Å²) in [6.45, 7) is 6.45. The summed E-state index contributed by atoms with van der Waals surface area (Å²) in [5.74, 6) is -0.919. The van der Waals surface area contributed by atoms with Gasteiger partial charge in [-0.3, -0.25) is 14.4 Å². The van der Waals surface area contributed by atoms with Gasteiger partial charge in [0.15, 0.2) is 6.10 Å². The van der Waals surface area contributed by atoms with Crippen LogP contribution in [0.2, 0.25) is 0 Å². The summed E-state index contributed by atoms with van der Waals surface area (Å²) in [7, 11) is 0. The molecule has 0 amide bonds. The minimum absolute atomic E-state index is 0.0812. The van der Waals surface area contributed by atoms with Gasteiger partial charge in [-0.2, -0.15) is 0 Å². The van der Waals surface area contributed by atoms with Crippen molar-refractivity contribution in [1.82, 2.24) is 0 Å². The lowest BCUT2D eigenvalue weighted by Gasteiger charge is -2.18. The Morgan fingerprint density at radius 2 is 0.736 bits per heavy atom. The third-order valence-corrected chi connectivity index (χ3v) is 9.35. The number of hydrogen-bond donors (Lipinski definition) is 0. The second kappa shape index (κ2) is 42.1. The van der Waals surface area contributed by atoms with Crippen molar-refractivity contribution >= 4 is 17.9 Å². The van der Waals surface area contributed by atoms with E-state index >= 15 is 0 Å². The van der Waals surface area contributed by atoms with Gasteiger partial charge in [0, 0.05) is 19.3 Å². The summed E-state index contributed by atoms with van der Waals surface area (Å²) in [4.78, 5) is 37.6. The van der Waals surface area contributed by atoms with E-state index < -0.39 is 6.10 Å². The molecule has 53 heavy (non-hydrogen) atoms. The van der Waals surface area contributed by atoms with Crippen LogP contribution in [0, 0.1) is 0 Å². The zero-order valence-electron chi connectivity index (χ0n) is 34.8. The molecule has 0 spiro atoms. The number of rotatable bonds is 39. The Morgan fingerprint density at radius 1 is 0.396 bits per heavy atom. The van der Waals surface area contributed by atoms with Crippen molar-refractivity contribution in [1.29, 1.82) is 0 Å². The summed E-state index contributed by atoms with van der Waals surface area (Å²) in [5, 5.41) is 0. The molecule has 306 valence electrons. The summed E-state index contributed by atoms with van der Waals surface area (Å²) in [5.41, 5.74) is 0. The van der Waals surface area contributed by atoms with Gasteiger partial charge in [0.05, 0.1) is 0 Å². The first-order valence-corrected chi connectivity index (χ1v) is 22.1. The first kappa shape index (κ1) is 50.4. The molecule has 0 rings (SSSR count). The first-order chi connectivity index (χ1) is 26.0. The zero-order valence-corrected chi connectivity index (χ0v) is 34.8. The number of carbonyl (C=O) groups is 3. The SMILES string of the molecule is CC/C=C\C/C=C\C/C=C\C/C=C\CCCCCC(=O)OCC(COC(=O)CCCCCCCCCCC)OC(=O)CCCCCCCCCCCC. The van der Waals surface area contributed by atoms with E-state index in [2.05, 4.69) is 69.4 Å². The van der Waals surface area contributed by atoms with Crippen LogP contribution in [0.4, 0.5) is 0 Å². The Hall–Kier alpha value is -2.63. The third-order valence-electron chi connectivity index (χ3n) is 9.35. The molecular formula is C47H82O6. The molecule has 0 heterocycles. The second-order valence-corrected chi connectivity index (χ2v) is 14.6. The van der Waals surface area contributed by atoms with Gasteiger partial charge in [0.2, 0.25) is 0 Å². The molecule has 1 atom stereocenters. The second-order valence-electron chi connectivity index (χ2n) is 14.6. The van der Waals surface area contributed by atoms with Crippen LogP contribution in [0.1, 0.15) is 213 Å². The van der Waals surface area contributed by atoms with Crippen molar-refractivity contribution in [2.24, 2.45) is 0 Å². The van der Waals surface area contributed by atoms with E-state index in [9.17, 15) is 14.4 Å². The fourth-order valence-electron chi connectivity index (χ4n) is 6.02. The number of allylic oxidation sites excluding steroid dienone is 8. The normalized spacial score (nSPS) is 12.4. The molecule has 0 aromatic heterocycles. The molecule has 0 aliphatic rings. The predicted molar refractivity (Wildman–Crippen MR) is 224 cm³/mol. The van der Waals surface area contributed by atoms with Crippen LogP contribution in [0.15, 0.2) is 48.6 Å². The molecule has 0 aromatic rings. The van der Waals surface area contributed by atoms with Gasteiger partial charge in [0.25, 0.3) is 0 Å². The van der Waals surface area contributed by atoms with E-state index in [4.69, 9.17) is 14.2 Å². The van der Waals surface area contributed by atoms with Crippen LogP contribution in [-0.4, -0.2) is 37.2 Å². The Bertz CT molecular complexity index is 949. The van der Waals surface area contributed by atoms with Crippen molar-refractivity contribution in [2.45, 2.75) is 219 Å². The quantitative estimate of drug-likeness (QED) is 0.0270. The molecule has 6 nitrogen and oxygen atoms in total. The van der Waals surface area contributed by atoms with E-state index in [1.165, 1.54) is 83.5 Å². The summed E-state index contributed by atoms with van der Waals surface area (Å²) in [6.07, 6.45) is 48.1. The van der Waals surface area contributed by atoms with E-state index in [0.29, 0.717) is 19.3 Å². The summed E-state index contributed by atoms with van der Waals surface area (Å²) >= 11 is 0. The number of ether oxygens (including phenoxy) is 3. The highest BCUT2D eigenvalue weighted by atomic mass is 16.6. The Morgan fingerprint density at radius 3 is 1.15 bits per heavy atom. The summed E-state index contributed by atoms with van der Waals surface area (Å²) in [6, 6.07) is 0. The van der Waals surface area contributed by atoms with E-state index in [1.807, 2.05) is 0 Å². The fourth-order valence-corrected chi connectivity index (χ4v) is 6.02. The number of esters is 3. The van der Waals surface area contributed by atoms with Crippen molar-refractivity contribution in [2.75, 3.05) is 13.2 Å². The van der Waals surface area contributed by atoms with Crippen LogP contribution in [0.5, 0.6) is 0 Å². The van der Waals surface area contributed by atoms with Gasteiger partial charge in [-0.15, -0.1) is 0 Å². The predicted octanol–water partition coefficient (Wildman–Crippen LogP) is 14.0. The van der Waals surface area contributed by atoms with Crippen LogP contribution in [0.3, 0.4) is 0 Å². The smallest absolute Gasteiger partial charge is 0.306 e. The van der Waals surface area contributed by atoms with E-state index in [0.717, 1.165) is 89.9 Å². The van der Waals surface area contributed by atoms with Crippen LogP contribution >= 0.6 is 0 Å². The number of hydrogen-bond acceptors (Lipinski definition) is 6. The summed E-state index contributed by atoms with van der Waals surface area (Å²) < 4.78 is 16.6. The van der Waals surface area contributed by atoms with Gasteiger partial charge in [-0.25, -0.2) is 0 Å². The lowest BCUT2D eigenvalue weighted by molar-refractivity contribution is -0.167. The highest BCUT2D eigenvalue weighted by molar-refractivity contribution is 5.71. The molecule has 0 bridgehead atoms. The monoisotopic (exact) mass is 743 g/mol. The maximum atomic E-state index is 12.7. The number of unbranched alkanes of at least 4 members (excludes halogenated alkanes) is 20. The molecule has 1 unspecified atom stereocenters. The van der Waals surface area contributed by atoms with Gasteiger partial charge in [-0.05, 0) is 57.8 Å². The molecule has 0 aliphatic heterocycles. The largest absolute Gasteiger partial charge is 0.462 e. The average Bonchev–Trinajstić information content (AvgIpc) is 3.15. The maximum Gasteiger partial charge on any atom is 0.306 e. The van der Waals surface area contributed by atoms with Crippen LogP contribution in [0.25, 0.3) is 0 Å². The molecule has 0 saturated heterocycles. The first-order valence-electron chi connectivity index (χ1n) is 22.1. The third kappa shape index (κ3) is 40.4. The van der Waals surface area contributed by atoms with Gasteiger partial charge < -0.3 is 14.2 Å². The molecular weight excluding hydrogens is 661 g/mol. The Kier molecular flexibility index (Phi) is 40.0. The lowest BCUT2D eigenvalue weighted by atomic mass is 10.1. The molecule has 0 fully saturated rings. The zero-order chi connectivity index (χ0) is 38.7. The minimum atomic E-state index is -0.778. The molecule has 0 saturated carbocycles. The van der Waals surface area contributed by atoms with Gasteiger partial charge in [-0.1, -0.05) is 185 Å². The van der Waals surface area contributed by atoms with Crippen LogP contribution in [-0.2, 0) is 28.6 Å². The molecule has 0 N–H and O–H groups in total. The molecule has 0 aromatic carbocycles. The molecule has 0 radical (unpaired) electrons. The lowest BCUT2D eigenvalue weighted by Crippen LogP contribution is -2.30. The van der Waals surface area contributed by atoms with Gasteiger partial charge in [0.1, 0.15) is 13.2 Å². The highest BCUT2D eigenvalue weighted by Crippen LogP contribution is 2.14. The topological polar surface area (TPSA) is 78.9 Å². The Balaban J connectivity index is 4.39. The van der Waals surface area contributed by atoms with Crippen molar-refractivity contribution in [3.63, 3.8) is 0 Å².